The molecule has 0 amide bonds. The van der Waals surface area contributed by atoms with Gasteiger partial charge < -0.3 is 15.0 Å². The van der Waals surface area contributed by atoms with E-state index < -0.39 is 0 Å². The lowest BCUT2D eigenvalue weighted by Crippen LogP contribution is -2.42. The maximum absolute atomic E-state index is 5.31. The molecule has 3 heteroatoms. The highest BCUT2D eigenvalue weighted by molar-refractivity contribution is 5.57. The molecule has 0 saturated carbocycles. The van der Waals surface area contributed by atoms with Crippen molar-refractivity contribution >= 4 is 5.69 Å². The molecule has 0 aliphatic carbocycles. The molecule has 1 aliphatic heterocycles. The highest BCUT2D eigenvalue weighted by atomic mass is 16.5. The van der Waals surface area contributed by atoms with Crippen LogP contribution in [0.15, 0.2) is 24.3 Å². The number of rotatable bonds is 6. The number of hydrogen-bond donors (Lipinski definition) is 1. The van der Waals surface area contributed by atoms with Crippen molar-refractivity contribution < 1.29 is 4.74 Å². The van der Waals surface area contributed by atoms with Gasteiger partial charge in [0, 0.05) is 31.4 Å². The molecule has 2 unspecified atom stereocenters. The van der Waals surface area contributed by atoms with E-state index in [-0.39, 0.29) is 0 Å². The first kappa shape index (κ1) is 14.4. The van der Waals surface area contributed by atoms with Gasteiger partial charge in [-0.3, -0.25) is 0 Å². The van der Waals surface area contributed by atoms with Crippen molar-refractivity contribution in [2.75, 3.05) is 31.7 Å². The van der Waals surface area contributed by atoms with Crippen molar-refractivity contribution in [1.29, 1.82) is 0 Å². The van der Waals surface area contributed by atoms with Crippen molar-refractivity contribution in [3.05, 3.63) is 29.8 Å². The monoisotopic (exact) mass is 262 g/mol. The van der Waals surface area contributed by atoms with E-state index in [9.17, 15) is 0 Å². The summed E-state index contributed by atoms with van der Waals surface area (Å²) in [6, 6.07) is 9.70. The molecule has 0 fully saturated rings. The Morgan fingerprint density at radius 3 is 2.95 bits per heavy atom. The Morgan fingerprint density at radius 2 is 2.21 bits per heavy atom. The second-order valence-corrected chi connectivity index (χ2v) is 5.35. The number of nitrogens with one attached hydrogen (secondary N) is 1. The third-order valence-electron chi connectivity index (χ3n) is 3.86. The SMILES string of the molecule is CCCNC1CCN(C(C)COC)c2ccccc21. The topological polar surface area (TPSA) is 24.5 Å². The first-order chi connectivity index (χ1) is 9.27. The number of methoxy groups -OCH3 is 1. The predicted octanol–water partition coefficient (Wildman–Crippen LogP) is 2.97. The number of hydrogen-bond acceptors (Lipinski definition) is 3. The fourth-order valence-electron chi connectivity index (χ4n) is 2.91. The van der Waals surface area contributed by atoms with Crippen LogP contribution in [0.1, 0.15) is 38.3 Å². The Morgan fingerprint density at radius 1 is 1.42 bits per heavy atom. The minimum Gasteiger partial charge on any atom is -0.383 e. The van der Waals surface area contributed by atoms with Gasteiger partial charge in [-0.2, -0.15) is 0 Å². The smallest absolute Gasteiger partial charge is 0.0663 e. The molecule has 0 aromatic heterocycles. The molecule has 2 atom stereocenters. The van der Waals surface area contributed by atoms with Gasteiger partial charge in [0.2, 0.25) is 0 Å². The lowest BCUT2D eigenvalue weighted by atomic mass is 9.95. The molecule has 1 N–H and O–H groups in total. The number of nitrogens with zero attached hydrogens (tertiary/aromatic N) is 1. The van der Waals surface area contributed by atoms with Gasteiger partial charge in [0.1, 0.15) is 0 Å². The number of para-hydroxylation sites is 1. The summed E-state index contributed by atoms with van der Waals surface area (Å²) in [5, 5.41) is 3.66. The number of fused-ring (bicyclic) bond motifs is 1. The van der Waals surface area contributed by atoms with E-state index in [2.05, 4.69) is 48.3 Å². The van der Waals surface area contributed by atoms with Crippen molar-refractivity contribution in [2.45, 2.75) is 38.8 Å². The van der Waals surface area contributed by atoms with Crippen LogP contribution in [0.2, 0.25) is 0 Å². The molecule has 0 radical (unpaired) electrons. The maximum Gasteiger partial charge on any atom is 0.0663 e. The average Bonchev–Trinajstić information content (AvgIpc) is 2.45. The zero-order valence-electron chi connectivity index (χ0n) is 12.4. The minimum atomic E-state index is 0.429. The Hall–Kier alpha value is -1.06. The number of ether oxygens (including phenoxy) is 1. The van der Waals surface area contributed by atoms with Crippen molar-refractivity contribution in [2.24, 2.45) is 0 Å². The van der Waals surface area contributed by atoms with Crippen molar-refractivity contribution in [3.8, 4) is 0 Å². The summed E-state index contributed by atoms with van der Waals surface area (Å²) in [5.74, 6) is 0. The van der Waals surface area contributed by atoms with E-state index in [1.54, 1.807) is 7.11 Å². The summed E-state index contributed by atoms with van der Waals surface area (Å²) in [5.41, 5.74) is 2.80. The minimum absolute atomic E-state index is 0.429. The molecule has 0 spiro atoms. The number of anilines is 1. The van der Waals surface area contributed by atoms with Crippen molar-refractivity contribution in [3.63, 3.8) is 0 Å². The normalized spacial score (nSPS) is 20.2. The Kier molecular flexibility index (Phi) is 5.23. The molecule has 1 aliphatic rings. The molecule has 0 bridgehead atoms. The summed E-state index contributed by atoms with van der Waals surface area (Å²) in [6.07, 6.45) is 2.35. The Balaban J connectivity index is 2.19. The summed E-state index contributed by atoms with van der Waals surface area (Å²) in [6.45, 7) is 7.42. The van der Waals surface area contributed by atoms with Gasteiger partial charge in [-0.25, -0.2) is 0 Å². The van der Waals surface area contributed by atoms with E-state index in [4.69, 9.17) is 4.74 Å². The van der Waals surface area contributed by atoms with E-state index in [1.165, 1.54) is 24.1 Å². The van der Waals surface area contributed by atoms with Crippen LogP contribution in [0.25, 0.3) is 0 Å². The second-order valence-electron chi connectivity index (χ2n) is 5.35. The predicted molar refractivity (Wildman–Crippen MR) is 80.8 cm³/mol. The molecule has 1 heterocycles. The lowest BCUT2D eigenvalue weighted by Gasteiger charge is -2.39. The first-order valence-corrected chi connectivity index (χ1v) is 7.35. The first-order valence-electron chi connectivity index (χ1n) is 7.35. The third-order valence-corrected chi connectivity index (χ3v) is 3.86. The van der Waals surface area contributed by atoms with Crippen LogP contribution in [0.4, 0.5) is 5.69 Å². The molecule has 2 rings (SSSR count). The zero-order chi connectivity index (χ0) is 13.7. The summed E-state index contributed by atoms with van der Waals surface area (Å²) >= 11 is 0. The standard InChI is InChI=1S/C16H26N2O/c1-4-10-17-15-9-11-18(13(2)12-19-3)16-8-6-5-7-14(15)16/h5-8,13,15,17H,4,9-12H2,1-3H3. The van der Waals surface area contributed by atoms with Gasteiger partial charge in [0.05, 0.1) is 6.61 Å². The Bertz CT molecular complexity index is 394. The summed E-state index contributed by atoms with van der Waals surface area (Å²) in [4.78, 5) is 2.48. The van der Waals surface area contributed by atoms with E-state index in [0.717, 1.165) is 19.7 Å². The lowest BCUT2D eigenvalue weighted by molar-refractivity contribution is 0.180. The van der Waals surface area contributed by atoms with Crippen molar-refractivity contribution in [1.82, 2.24) is 5.32 Å². The fraction of sp³-hybridized carbons (Fsp3) is 0.625. The van der Waals surface area contributed by atoms with Crippen LogP contribution in [0.5, 0.6) is 0 Å². The zero-order valence-corrected chi connectivity index (χ0v) is 12.4. The molecule has 0 saturated heterocycles. The molecule has 1 aromatic carbocycles. The van der Waals surface area contributed by atoms with Gasteiger partial charge in [-0.15, -0.1) is 0 Å². The molecule has 106 valence electrons. The molecular weight excluding hydrogens is 236 g/mol. The quantitative estimate of drug-likeness (QED) is 0.853. The van der Waals surface area contributed by atoms with Crippen LogP contribution in [-0.2, 0) is 4.74 Å². The summed E-state index contributed by atoms with van der Waals surface area (Å²) < 4.78 is 5.31. The van der Waals surface area contributed by atoms with Gasteiger partial charge in [0.25, 0.3) is 0 Å². The van der Waals surface area contributed by atoms with Crippen LogP contribution < -0.4 is 10.2 Å². The summed E-state index contributed by atoms with van der Waals surface area (Å²) in [7, 11) is 1.78. The van der Waals surface area contributed by atoms with Crippen LogP contribution >= 0.6 is 0 Å². The molecular formula is C16H26N2O. The van der Waals surface area contributed by atoms with Gasteiger partial charge in [-0.05, 0) is 37.9 Å². The number of benzene rings is 1. The molecule has 3 nitrogen and oxygen atoms in total. The van der Waals surface area contributed by atoms with Crippen LogP contribution in [0.3, 0.4) is 0 Å². The van der Waals surface area contributed by atoms with Gasteiger partial charge in [-0.1, -0.05) is 25.1 Å². The van der Waals surface area contributed by atoms with E-state index in [1.807, 2.05) is 0 Å². The average molecular weight is 262 g/mol. The highest BCUT2D eigenvalue weighted by Gasteiger charge is 2.26. The van der Waals surface area contributed by atoms with Gasteiger partial charge >= 0.3 is 0 Å². The van der Waals surface area contributed by atoms with Crippen LogP contribution in [0, 0.1) is 0 Å². The van der Waals surface area contributed by atoms with Gasteiger partial charge in [0.15, 0.2) is 0 Å². The molecule has 19 heavy (non-hydrogen) atoms. The van der Waals surface area contributed by atoms with Crippen LogP contribution in [-0.4, -0.2) is 32.8 Å². The maximum atomic E-state index is 5.31. The Labute approximate surface area is 116 Å². The van der Waals surface area contributed by atoms with E-state index in [0.29, 0.717) is 12.1 Å². The highest BCUT2D eigenvalue weighted by Crippen LogP contribution is 2.34. The third kappa shape index (κ3) is 3.28. The van der Waals surface area contributed by atoms with E-state index >= 15 is 0 Å². The largest absolute Gasteiger partial charge is 0.383 e. The fourth-order valence-corrected chi connectivity index (χ4v) is 2.91. The second kappa shape index (κ2) is 6.92. The molecule has 1 aromatic rings.